The second-order valence-electron chi connectivity index (χ2n) is 6.12. The van der Waals surface area contributed by atoms with Crippen LogP contribution in [-0.4, -0.2) is 66.4 Å². The Bertz CT molecular complexity index is 828. The highest BCUT2D eigenvalue weighted by Crippen LogP contribution is 2.18. The van der Waals surface area contributed by atoms with Crippen LogP contribution in [0.1, 0.15) is 0 Å². The fourth-order valence-electron chi connectivity index (χ4n) is 2.90. The summed E-state index contributed by atoms with van der Waals surface area (Å²) in [6, 6.07) is 7.72. The lowest BCUT2D eigenvalue weighted by atomic mass is 10.3. The fraction of sp³-hybridized carbons (Fsp3) is 0.389. The molecule has 2 aromatic rings. The van der Waals surface area contributed by atoms with Gasteiger partial charge < -0.3 is 19.9 Å². The van der Waals surface area contributed by atoms with E-state index in [2.05, 4.69) is 31.3 Å². The molecule has 1 aromatic carbocycles. The number of rotatable bonds is 5. The Morgan fingerprint density at radius 2 is 2.21 bits per heavy atom. The summed E-state index contributed by atoms with van der Waals surface area (Å²) in [5.74, 6) is 1.54. The van der Waals surface area contributed by atoms with Crippen molar-refractivity contribution in [1.82, 2.24) is 20.0 Å². The van der Waals surface area contributed by atoms with Crippen molar-refractivity contribution in [3.63, 3.8) is 0 Å². The Hall–Kier alpha value is -1.82. The summed E-state index contributed by atoms with van der Waals surface area (Å²) in [7, 11) is 3.56. The molecule has 1 amide bonds. The number of aromatic nitrogens is 2. The maximum absolute atomic E-state index is 12.5. The third kappa shape index (κ3) is 5.84. The molecule has 0 bridgehead atoms. The lowest BCUT2D eigenvalue weighted by molar-refractivity contribution is -0.120. The highest BCUT2D eigenvalue weighted by molar-refractivity contribution is 14.0. The number of guanidine groups is 1. The van der Waals surface area contributed by atoms with Crippen molar-refractivity contribution in [2.75, 3.05) is 44.7 Å². The molecule has 0 aliphatic carbocycles. The lowest BCUT2D eigenvalue weighted by Crippen LogP contribution is -2.55. The van der Waals surface area contributed by atoms with E-state index in [-0.39, 0.29) is 36.4 Å². The average molecular weight is 563 g/mol. The Kier molecular flexibility index (Phi) is 8.55. The van der Waals surface area contributed by atoms with Gasteiger partial charge in [0.2, 0.25) is 5.91 Å². The molecule has 152 valence electrons. The highest BCUT2D eigenvalue weighted by atomic mass is 127. The Labute approximate surface area is 190 Å². The topological polar surface area (TPSA) is 75.0 Å². The van der Waals surface area contributed by atoms with Gasteiger partial charge in [0.25, 0.3) is 0 Å². The Morgan fingerprint density at radius 1 is 1.39 bits per heavy atom. The zero-order valence-electron chi connectivity index (χ0n) is 15.8. The minimum Gasteiger partial charge on any atom is -0.492 e. The molecule has 1 saturated heterocycles. The minimum atomic E-state index is 0. The Balaban J connectivity index is 0.00000280. The van der Waals surface area contributed by atoms with Crippen LogP contribution in [0.4, 0.5) is 5.69 Å². The van der Waals surface area contributed by atoms with Crippen LogP contribution >= 0.6 is 39.9 Å². The van der Waals surface area contributed by atoms with E-state index in [1.165, 1.54) is 0 Å². The number of hydrogen-bond acceptors (Lipinski definition) is 4. The number of nitrogens with one attached hydrogen (secondary N) is 1. The fourth-order valence-corrected chi connectivity index (χ4v) is 3.27. The molecule has 0 radical (unpaired) electrons. The second-order valence-corrected chi connectivity index (χ2v) is 7.03. The number of carbonyl (C=O) groups excluding carboxylic acids is 1. The van der Waals surface area contributed by atoms with Crippen LogP contribution in [0.5, 0.6) is 5.75 Å². The van der Waals surface area contributed by atoms with Gasteiger partial charge in [-0.15, -0.1) is 24.0 Å². The lowest BCUT2D eigenvalue weighted by Gasteiger charge is -2.35. The number of aliphatic imine (C=N–C) groups is 1. The van der Waals surface area contributed by atoms with Gasteiger partial charge in [0.05, 0.1) is 18.4 Å². The van der Waals surface area contributed by atoms with Gasteiger partial charge >= 0.3 is 0 Å². The van der Waals surface area contributed by atoms with Gasteiger partial charge in [-0.05, 0) is 18.2 Å². The summed E-state index contributed by atoms with van der Waals surface area (Å²) in [5, 5.41) is 7.39. The first-order valence-electron chi connectivity index (χ1n) is 8.70. The van der Waals surface area contributed by atoms with Crippen molar-refractivity contribution in [3.05, 3.63) is 41.1 Å². The largest absolute Gasteiger partial charge is 0.492 e. The smallest absolute Gasteiger partial charge is 0.246 e. The zero-order valence-corrected chi connectivity index (χ0v) is 19.8. The van der Waals surface area contributed by atoms with Crippen molar-refractivity contribution in [3.8, 4) is 5.75 Å². The van der Waals surface area contributed by atoms with E-state index in [1.807, 2.05) is 42.4 Å². The van der Waals surface area contributed by atoms with Crippen molar-refractivity contribution in [1.29, 1.82) is 0 Å². The molecule has 1 N–H and O–H groups in total. The number of halogens is 2. The molecule has 0 unspecified atom stereocenters. The molecule has 10 heteroatoms. The third-order valence-electron chi connectivity index (χ3n) is 4.18. The van der Waals surface area contributed by atoms with E-state index in [1.54, 1.807) is 22.8 Å². The van der Waals surface area contributed by atoms with Crippen LogP contribution in [0, 0.1) is 0 Å². The number of benzene rings is 1. The summed E-state index contributed by atoms with van der Waals surface area (Å²) in [4.78, 5) is 20.5. The first-order valence-corrected chi connectivity index (χ1v) is 9.49. The molecule has 1 fully saturated rings. The van der Waals surface area contributed by atoms with Crippen molar-refractivity contribution in [2.45, 2.75) is 0 Å². The Morgan fingerprint density at radius 3 is 2.86 bits per heavy atom. The number of piperazine rings is 1. The van der Waals surface area contributed by atoms with Gasteiger partial charge in [0, 0.05) is 37.9 Å². The SMILES string of the molecule is CN=C(NCCOc1cccc(Br)c1)N1CCN(c2cnn(C)c2)C(=O)C1.I. The van der Waals surface area contributed by atoms with Crippen molar-refractivity contribution in [2.24, 2.45) is 12.0 Å². The van der Waals surface area contributed by atoms with Crippen LogP contribution in [0.25, 0.3) is 0 Å². The van der Waals surface area contributed by atoms with Gasteiger partial charge in [0.15, 0.2) is 5.96 Å². The molecule has 2 heterocycles. The number of hydrogen-bond donors (Lipinski definition) is 1. The van der Waals surface area contributed by atoms with Crippen LogP contribution < -0.4 is 15.0 Å². The number of anilines is 1. The molecule has 0 saturated carbocycles. The van der Waals surface area contributed by atoms with Crippen LogP contribution in [0.15, 0.2) is 46.1 Å². The summed E-state index contributed by atoms with van der Waals surface area (Å²) < 4.78 is 8.39. The van der Waals surface area contributed by atoms with Gasteiger partial charge in [-0.25, -0.2) is 0 Å². The molecule has 8 nitrogen and oxygen atoms in total. The van der Waals surface area contributed by atoms with E-state index >= 15 is 0 Å². The number of carbonyl (C=O) groups is 1. The summed E-state index contributed by atoms with van der Waals surface area (Å²) in [5.41, 5.74) is 0.826. The van der Waals surface area contributed by atoms with Gasteiger partial charge in [0.1, 0.15) is 18.9 Å². The molecule has 1 aliphatic rings. The van der Waals surface area contributed by atoms with Crippen LogP contribution in [-0.2, 0) is 11.8 Å². The van der Waals surface area contributed by atoms with E-state index in [9.17, 15) is 4.79 Å². The van der Waals surface area contributed by atoms with Gasteiger partial charge in [-0.2, -0.15) is 5.10 Å². The van der Waals surface area contributed by atoms with E-state index < -0.39 is 0 Å². The predicted molar refractivity (Wildman–Crippen MR) is 124 cm³/mol. The normalized spacial score (nSPS) is 14.7. The summed E-state index contributed by atoms with van der Waals surface area (Å²) in [6.45, 7) is 2.67. The number of ether oxygens (including phenoxy) is 1. The second kappa shape index (κ2) is 10.6. The first-order chi connectivity index (χ1) is 13.1. The molecule has 28 heavy (non-hydrogen) atoms. The predicted octanol–water partition coefficient (Wildman–Crippen LogP) is 2.10. The van der Waals surface area contributed by atoms with Crippen molar-refractivity contribution >= 4 is 57.5 Å². The first kappa shape index (κ1) is 22.5. The maximum Gasteiger partial charge on any atom is 0.246 e. The highest BCUT2D eigenvalue weighted by Gasteiger charge is 2.27. The van der Waals surface area contributed by atoms with Crippen LogP contribution in [0.2, 0.25) is 0 Å². The van der Waals surface area contributed by atoms with E-state index in [0.717, 1.165) is 15.9 Å². The van der Waals surface area contributed by atoms with Gasteiger partial charge in [-0.3, -0.25) is 14.5 Å². The van der Waals surface area contributed by atoms with E-state index in [4.69, 9.17) is 4.74 Å². The maximum atomic E-state index is 12.5. The molecule has 3 rings (SSSR count). The zero-order chi connectivity index (χ0) is 19.2. The number of nitrogens with zero attached hydrogens (tertiary/aromatic N) is 5. The molecule has 1 aromatic heterocycles. The van der Waals surface area contributed by atoms with Crippen molar-refractivity contribution < 1.29 is 9.53 Å². The number of aryl methyl sites for hydroxylation is 1. The molecular formula is C18H24BrIN6O2. The monoisotopic (exact) mass is 562 g/mol. The molecule has 0 spiro atoms. The average Bonchev–Trinajstić information content (AvgIpc) is 3.08. The molecule has 0 atom stereocenters. The van der Waals surface area contributed by atoms with Crippen LogP contribution in [0.3, 0.4) is 0 Å². The quantitative estimate of drug-likeness (QED) is 0.261. The third-order valence-corrected chi connectivity index (χ3v) is 4.68. The molecule has 1 aliphatic heterocycles. The summed E-state index contributed by atoms with van der Waals surface area (Å²) >= 11 is 3.42. The number of amides is 1. The molecular weight excluding hydrogens is 539 g/mol. The van der Waals surface area contributed by atoms with E-state index in [0.29, 0.717) is 32.2 Å². The summed E-state index contributed by atoms with van der Waals surface area (Å²) in [6.07, 6.45) is 3.56. The van der Waals surface area contributed by atoms with Gasteiger partial charge in [-0.1, -0.05) is 22.0 Å². The minimum absolute atomic E-state index is 0. The standard InChI is InChI=1S/C18H23BrN6O2.HI/c1-20-18(21-6-9-27-16-5-3-4-14(19)10-16)24-7-8-25(17(26)13-24)15-11-22-23(2)12-15;/h3-5,10-12H,6-9,13H2,1-2H3,(H,20,21);1H.